The summed E-state index contributed by atoms with van der Waals surface area (Å²) >= 11 is 2.32. The average Bonchev–Trinajstić information content (AvgIpc) is 3.10. The molecule has 1 saturated heterocycles. The third-order valence-electron chi connectivity index (χ3n) is 3.93. The van der Waals surface area contributed by atoms with E-state index >= 15 is 0 Å². The Balaban J connectivity index is 1.70. The number of hydrogen-bond donors (Lipinski definition) is 3. The summed E-state index contributed by atoms with van der Waals surface area (Å²) < 4.78 is 5.18. The molecule has 1 unspecified atom stereocenters. The van der Waals surface area contributed by atoms with E-state index in [-0.39, 0.29) is 22.6 Å². The Bertz CT molecular complexity index is 953. The van der Waals surface area contributed by atoms with E-state index in [1.54, 1.807) is 6.07 Å². The topological polar surface area (TPSA) is 187 Å². The van der Waals surface area contributed by atoms with Gasteiger partial charge in [0.1, 0.15) is 30.0 Å². The summed E-state index contributed by atoms with van der Waals surface area (Å²) in [5.74, 6) is -3.19. The van der Waals surface area contributed by atoms with Crippen LogP contribution in [0.2, 0.25) is 0 Å². The molecule has 2 aliphatic rings. The minimum Gasteiger partial charge on any atom is -0.481 e. The molecule has 1 fully saturated rings. The first-order chi connectivity index (χ1) is 13.8. The predicted octanol–water partition coefficient (Wildman–Crippen LogP) is -0.559. The van der Waals surface area contributed by atoms with E-state index in [4.69, 9.17) is 14.8 Å². The van der Waals surface area contributed by atoms with Gasteiger partial charge in [-0.05, 0) is 5.57 Å². The molecule has 0 bridgehead atoms. The molecule has 29 heavy (non-hydrogen) atoms. The summed E-state index contributed by atoms with van der Waals surface area (Å²) in [5, 5.41) is 36.1. The summed E-state index contributed by atoms with van der Waals surface area (Å²) in [6.07, 6.45) is -0.811. The number of rotatable bonds is 8. The van der Waals surface area contributed by atoms with Crippen molar-refractivity contribution in [2.75, 3.05) is 11.5 Å². The van der Waals surface area contributed by atoms with Gasteiger partial charge in [-0.25, -0.2) is 4.79 Å². The van der Waals surface area contributed by atoms with E-state index in [1.807, 2.05) is 0 Å². The van der Waals surface area contributed by atoms with Crippen LogP contribution in [0.4, 0.5) is 0 Å². The van der Waals surface area contributed by atoms with Crippen molar-refractivity contribution in [2.24, 2.45) is 0 Å². The summed E-state index contributed by atoms with van der Waals surface area (Å²) in [5.41, 5.74) is 0.291. The zero-order valence-electron chi connectivity index (χ0n) is 14.5. The lowest BCUT2D eigenvalue weighted by Gasteiger charge is -2.49. The Kier molecular flexibility index (Phi) is 6.09. The molecule has 1 aromatic rings. The van der Waals surface area contributed by atoms with Crippen LogP contribution in [0.15, 0.2) is 20.9 Å². The zero-order chi connectivity index (χ0) is 21.1. The maximum absolute atomic E-state index is 12.4. The lowest BCUT2D eigenvalue weighted by molar-refractivity contribution is -0.150. The number of carboxylic acids is 2. The van der Waals surface area contributed by atoms with Gasteiger partial charge in [-0.15, -0.1) is 22.0 Å². The Hall–Kier alpha value is -3.05. The number of aliphatic carboxylic acids is 2. The van der Waals surface area contributed by atoms with Crippen molar-refractivity contribution in [3.8, 4) is 6.07 Å². The number of thioether (sulfide) groups is 2. The maximum atomic E-state index is 12.4. The minimum absolute atomic E-state index is 0.0700. The number of fused-ring (bicyclic) bond motifs is 1. The molecule has 2 atom stereocenters. The molecule has 2 aliphatic heterocycles. The van der Waals surface area contributed by atoms with E-state index in [0.717, 1.165) is 16.7 Å². The van der Waals surface area contributed by atoms with Crippen LogP contribution < -0.4 is 5.32 Å². The molecule has 3 heterocycles. The third-order valence-corrected chi connectivity index (χ3v) is 6.17. The molecule has 152 valence electrons. The molecule has 0 aliphatic carbocycles. The molecule has 0 spiro atoms. The second-order valence-corrected chi connectivity index (χ2v) is 7.90. The first kappa shape index (κ1) is 20.7. The predicted molar refractivity (Wildman–Crippen MR) is 96.3 cm³/mol. The Morgan fingerprint density at radius 1 is 1.38 bits per heavy atom. The number of carboxylic acid groups (broad SMARTS) is 2. The maximum Gasteiger partial charge on any atom is 0.352 e. The van der Waals surface area contributed by atoms with E-state index in [2.05, 4.69) is 15.5 Å². The highest BCUT2D eigenvalue weighted by molar-refractivity contribution is 8.01. The molecular formula is C15H13N5O7S2. The minimum atomic E-state index is -1.28. The van der Waals surface area contributed by atoms with Gasteiger partial charge in [0, 0.05) is 11.5 Å². The molecule has 3 rings (SSSR count). The van der Waals surface area contributed by atoms with Crippen LogP contribution in [0, 0.1) is 11.3 Å². The number of carbonyl (C=O) groups is 4. The van der Waals surface area contributed by atoms with Gasteiger partial charge in [0.05, 0.1) is 6.07 Å². The highest BCUT2D eigenvalue weighted by atomic mass is 32.2. The molecule has 0 radical (unpaired) electrons. The summed E-state index contributed by atoms with van der Waals surface area (Å²) in [4.78, 5) is 47.5. The molecule has 12 nitrogen and oxygen atoms in total. The number of nitrogens with one attached hydrogen (secondary N) is 1. The second kappa shape index (κ2) is 8.53. The molecule has 14 heteroatoms. The van der Waals surface area contributed by atoms with Crippen LogP contribution in [-0.2, 0) is 25.6 Å². The second-order valence-electron chi connectivity index (χ2n) is 5.87. The number of nitrogens with zero attached hydrogens (tertiary/aromatic N) is 4. The fourth-order valence-electron chi connectivity index (χ4n) is 2.74. The van der Waals surface area contributed by atoms with Crippen molar-refractivity contribution in [2.45, 2.75) is 29.5 Å². The molecule has 0 aromatic carbocycles. The molecule has 0 saturated carbocycles. The Labute approximate surface area is 171 Å². The Morgan fingerprint density at radius 3 is 2.79 bits per heavy atom. The van der Waals surface area contributed by atoms with Gasteiger partial charge in [-0.2, -0.15) is 5.26 Å². The highest BCUT2D eigenvalue weighted by Crippen LogP contribution is 2.41. The molecule has 1 aromatic heterocycles. The van der Waals surface area contributed by atoms with Crippen molar-refractivity contribution in [3.05, 3.63) is 17.2 Å². The van der Waals surface area contributed by atoms with Crippen molar-refractivity contribution in [1.29, 1.82) is 5.26 Å². The van der Waals surface area contributed by atoms with Crippen molar-refractivity contribution < 1.29 is 33.8 Å². The smallest absolute Gasteiger partial charge is 0.352 e. The number of amides is 2. The first-order valence-electron chi connectivity index (χ1n) is 8.05. The number of hydrogen-bond acceptors (Lipinski definition) is 10. The van der Waals surface area contributed by atoms with Crippen LogP contribution in [0.5, 0.6) is 0 Å². The van der Waals surface area contributed by atoms with E-state index < -0.39 is 48.0 Å². The van der Waals surface area contributed by atoms with E-state index in [0.29, 0.717) is 11.3 Å². The lowest BCUT2D eigenvalue weighted by Crippen LogP contribution is -2.70. The zero-order valence-corrected chi connectivity index (χ0v) is 16.2. The molecule has 3 N–H and O–H groups in total. The highest BCUT2D eigenvalue weighted by Gasteiger charge is 2.54. The fraction of sp³-hybridized carbons (Fsp3) is 0.400. The normalized spacial score (nSPS) is 20.5. The Morgan fingerprint density at radius 2 is 2.14 bits per heavy atom. The molecule has 2 amide bonds. The lowest BCUT2D eigenvalue weighted by atomic mass is 10.0. The fourth-order valence-corrected chi connectivity index (χ4v) is 5.00. The SMILES string of the molecule is N#CCC(=O)NC1C(=O)N2C(C(=O)O)=C(CSc3nnc(CC(=O)O)o3)CS[C@H]12. The van der Waals surface area contributed by atoms with Crippen LogP contribution in [-0.4, -0.2) is 72.0 Å². The quantitative estimate of drug-likeness (QED) is 0.347. The summed E-state index contributed by atoms with van der Waals surface area (Å²) in [7, 11) is 0. The van der Waals surface area contributed by atoms with Gasteiger partial charge in [-0.3, -0.25) is 19.3 Å². The monoisotopic (exact) mass is 439 g/mol. The third kappa shape index (κ3) is 4.35. The van der Waals surface area contributed by atoms with Crippen LogP contribution in [0.3, 0.4) is 0 Å². The van der Waals surface area contributed by atoms with E-state index in [9.17, 15) is 24.3 Å². The van der Waals surface area contributed by atoms with Crippen LogP contribution in [0.1, 0.15) is 12.3 Å². The van der Waals surface area contributed by atoms with Gasteiger partial charge in [-0.1, -0.05) is 11.8 Å². The van der Waals surface area contributed by atoms with Gasteiger partial charge in [0.2, 0.25) is 11.8 Å². The van der Waals surface area contributed by atoms with Crippen LogP contribution >= 0.6 is 23.5 Å². The molecular weight excluding hydrogens is 426 g/mol. The van der Waals surface area contributed by atoms with Gasteiger partial charge < -0.3 is 19.9 Å². The van der Waals surface area contributed by atoms with E-state index in [1.165, 1.54) is 11.8 Å². The number of nitriles is 1. The van der Waals surface area contributed by atoms with Crippen molar-refractivity contribution in [3.63, 3.8) is 0 Å². The van der Waals surface area contributed by atoms with Crippen molar-refractivity contribution >= 4 is 47.3 Å². The first-order valence-corrected chi connectivity index (χ1v) is 10.1. The average molecular weight is 439 g/mol. The van der Waals surface area contributed by atoms with Gasteiger partial charge >= 0.3 is 11.9 Å². The standard InChI is InChI=1S/C15H13N5O7S2/c16-2-1-7(21)17-10-12(24)20-11(14(25)26)6(4-28-13(10)20)5-29-15-19-18-8(27-15)3-9(22)23/h10,13H,1,3-5H2,(H,17,21)(H,22,23)(H,25,26)/t10?,13-/m1/s1. The summed E-state index contributed by atoms with van der Waals surface area (Å²) in [6.45, 7) is 0. The van der Waals surface area contributed by atoms with Crippen LogP contribution in [0.25, 0.3) is 0 Å². The number of carbonyl (C=O) groups excluding carboxylic acids is 2. The van der Waals surface area contributed by atoms with Gasteiger partial charge in [0.15, 0.2) is 0 Å². The number of aromatic nitrogens is 2. The van der Waals surface area contributed by atoms with Crippen molar-refractivity contribution in [1.82, 2.24) is 20.4 Å². The number of β-lactam (4-membered cyclic amide) rings is 1. The van der Waals surface area contributed by atoms with Gasteiger partial charge in [0.25, 0.3) is 11.1 Å². The largest absolute Gasteiger partial charge is 0.481 e. The summed E-state index contributed by atoms with van der Waals surface area (Å²) in [6, 6.07) is 0.808.